The van der Waals surface area contributed by atoms with Gasteiger partial charge in [0.1, 0.15) is 5.54 Å². The van der Waals surface area contributed by atoms with Crippen LogP contribution in [0.4, 0.5) is 0 Å². The summed E-state index contributed by atoms with van der Waals surface area (Å²) in [6.45, 7) is 11.5. The zero-order valence-electron chi connectivity index (χ0n) is 13.5. The van der Waals surface area contributed by atoms with Gasteiger partial charge in [0.25, 0.3) is 0 Å². The normalized spacial score (nSPS) is 23.0. The number of hydrogen-bond donors (Lipinski definition) is 0. The Kier molecular flexibility index (Phi) is 5.20. The smallest absolute Gasteiger partial charge is 0.236 e. The van der Waals surface area contributed by atoms with Gasteiger partial charge in [0.2, 0.25) is 5.91 Å². The van der Waals surface area contributed by atoms with Crippen LogP contribution in [0.5, 0.6) is 0 Å². The number of piperazine rings is 2. The van der Waals surface area contributed by atoms with Gasteiger partial charge in [-0.25, -0.2) is 0 Å². The largest absolute Gasteiger partial charge is 0.339 e. The molecule has 0 N–H and O–H groups in total. The van der Waals surface area contributed by atoms with Crippen molar-refractivity contribution in [1.29, 1.82) is 5.26 Å². The second-order valence-corrected chi connectivity index (χ2v) is 6.62. The van der Waals surface area contributed by atoms with Crippen molar-refractivity contribution in [1.82, 2.24) is 19.6 Å². The predicted octanol–water partition coefficient (Wildman–Crippen LogP) is -0.320. The van der Waals surface area contributed by atoms with Gasteiger partial charge in [-0.2, -0.15) is 5.26 Å². The Labute approximate surface area is 127 Å². The molecule has 2 aliphatic rings. The van der Waals surface area contributed by atoms with Gasteiger partial charge in [0.05, 0.1) is 12.6 Å². The quantitative estimate of drug-likeness (QED) is 0.714. The van der Waals surface area contributed by atoms with Gasteiger partial charge in [0.15, 0.2) is 0 Å². The molecule has 0 atom stereocenters. The first-order chi connectivity index (χ1) is 9.92. The molecule has 0 spiro atoms. The average molecular weight is 293 g/mol. The Bertz CT molecular complexity index is 401. The van der Waals surface area contributed by atoms with Gasteiger partial charge in [-0.15, -0.1) is 0 Å². The Morgan fingerprint density at radius 3 is 2.14 bits per heavy atom. The third-order valence-corrected chi connectivity index (χ3v) is 4.65. The van der Waals surface area contributed by atoms with Crippen molar-refractivity contribution >= 4 is 5.91 Å². The predicted molar refractivity (Wildman–Crippen MR) is 81.8 cm³/mol. The maximum absolute atomic E-state index is 12.3. The Balaban J connectivity index is 1.76. The van der Waals surface area contributed by atoms with Crippen LogP contribution in [-0.4, -0.2) is 97.0 Å². The van der Waals surface area contributed by atoms with E-state index in [0.29, 0.717) is 6.54 Å². The Morgan fingerprint density at radius 2 is 1.62 bits per heavy atom. The van der Waals surface area contributed by atoms with Gasteiger partial charge in [-0.3, -0.25) is 14.6 Å². The highest BCUT2D eigenvalue weighted by Gasteiger charge is 2.30. The summed E-state index contributed by atoms with van der Waals surface area (Å²) in [7, 11) is 2.10. The molecule has 2 aliphatic heterocycles. The van der Waals surface area contributed by atoms with Gasteiger partial charge < -0.3 is 9.80 Å². The summed E-state index contributed by atoms with van der Waals surface area (Å²) in [6, 6.07) is 2.35. The highest BCUT2D eigenvalue weighted by molar-refractivity contribution is 5.78. The van der Waals surface area contributed by atoms with Crippen LogP contribution in [0.3, 0.4) is 0 Å². The molecule has 2 rings (SSSR count). The molecule has 118 valence electrons. The van der Waals surface area contributed by atoms with E-state index in [0.717, 1.165) is 52.4 Å². The Hall–Kier alpha value is -1.16. The first-order valence-electron chi connectivity index (χ1n) is 7.77. The third-order valence-electron chi connectivity index (χ3n) is 4.65. The number of hydrogen-bond acceptors (Lipinski definition) is 5. The van der Waals surface area contributed by atoms with E-state index in [9.17, 15) is 10.1 Å². The lowest BCUT2D eigenvalue weighted by molar-refractivity contribution is -0.134. The van der Waals surface area contributed by atoms with Crippen LogP contribution in [-0.2, 0) is 4.79 Å². The summed E-state index contributed by atoms with van der Waals surface area (Å²) in [5.41, 5.74) is -0.409. The molecule has 0 radical (unpaired) electrons. The maximum Gasteiger partial charge on any atom is 0.236 e. The summed E-state index contributed by atoms with van der Waals surface area (Å²) in [6.07, 6.45) is 0. The number of carbonyl (C=O) groups excluding carboxylic acids is 1. The molecule has 2 heterocycles. The lowest BCUT2D eigenvalue weighted by atomic mass is 10.0. The lowest BCUT2D eigenvalue weighted by Crippen LogP contribution is -2.56. The SMILES string of the molecule is CN1CCN(C(=O)CN2CCN(C(C)(C)C#N)CC2)CC1. The number of likely N-dealkylation sites (N-methyl/N-ethyl adjacent to an activating group) is 1. The zero-order chi connectivity index (χ0) is 15.5. The topological polar surface area (TPSA) is 53.8 Å². The standard InChI is InChI=1S/C15H27N5O/c1-15(2,13-16)20-10-6-18(7-11-20)12-14(21)19-8-4-17(3)5-9-19/h4-12H2,1-3H3. The van der Waals surface area contributed by atoms with Crippen molar-refractivity contribution in [3.63, 3.8) is 0 Å². The van der Waals surface area contributed by atoms with E-state index in [1.165, 1.54) is 0 Å². The molecule has 2 saturated heterocycles. The van der Waals surface area contributed by atoms with E-state index in [4.69, 9.17) is 0 Å². The van der Waals surface area contributed by atoms with E-state index >= 15 is 0 Å². The molecular weight excluding hydrogens is 266 g/mol. The fourth-order valence-electron chi connectivity index (χ4n) is 2.88. The van der Waals surface area contributed by atoms with E-state index in [-0.39, 0.29) is 5.91 Å². The molecule has 1 amide bonds. The van der Waals surface area contributed by atoms with E-state index < -0.39 is 5.54 Å². The van der Waals surface area contributed by atoms with Crippen molar-refractivity contribution in [2.24, 2.45) is 0 Å². The van der Waals surface area contributed by atoms with Gasteiger partial charge in [-0.05, 0) is 20.9 Å². The van der Waals surface area contributed by atoms with Crippen LogP contribution in [0.1, 0.15) is 13.8 Å². The summed E-state index contributed by atoms with van der Waals surface area (Å²) >= 11 is 0. The Morgan fingerprint density at radius 1 is 1.05 bits per heavy atom. The fourth-order valence-corrected chi connectivity index (χ4v) is 2.88. The van der Waals surface area contributed by atoms with E-state index in [1.807, 2.05) is 18.7 Å². The first kappa shape index (κ1) is 16.2. The zero-order valence-corrected chi connectivity index (χ0v) is 13.5. The monoisotopic (exact) mass is 293 g/mol. The molecule has 0 saturated carbocycles. The second kappa shape index (κ2) is 6.73. The molecule has 0 aromatic carbocycles. The van der Waals surface area contributed by atoms with Crippen molar-refractivity contribution in [2.75, 3.05) is 66.0 Å². The molecular formula is C15H27N5O. The minimum Gasteiger partial charge on any atom is -0.339 e. The summed E-state index contributed by atoms with van der Waals surface area (Å²) < 4.78 is 0. The third kappa shape index (κ3) is 4.16. The van der Waals surface area contributed by atoms with Crippen LogP contribution < -0.4 is 0 Å². The fraction of sp³-hybridized carbons (Fsp3) is 0.867. The van der Waals surface area contributed by atoms with Crippen molar-refractivity contribution < 1.29 is 4.79 Å². The van der Waals surface area contributed by atoms with Crippen LogP contribution in [0.15, 0.2) is 0 Å². The summed E-state index contributed by atoms with van der Waals surface area (Å²) in [5.74, 6) is 0.246. The molecule has 0 aliphatic carbocycles. The number of nitriles is 1. The maximum atomic E-state index is 12.3. The molecule has 0 bridgehead atoms. The van der Waals surface area contributed by atoms with E-state index in [1.54, 1.807) is 0 Å². The van der Waals surface area contributed by atoms with Crippen LogP contribution >= 0.6 is 0 Å². The van der Waals surface area contributed by atoms with E-state index in [2.05, 4.69) is 27.8 Å². The number of rotatable bonds is 3. The molecule has 0 aromatic heterocycles. The number of nitrogens with zero attached hydrogens (tertiary/aromatic N) is 5. The average Bonchev–Trinajstić information content (AvgIpc) is 2.48. The minimum atomic E-state index is -0.409. The minimum absolute atomic E-state index is 0.246. The summed E-state index contributed by atoms with van der Waals surface area (Å²) in [4.78, 5) is 21.0. The van der Waals surface area contributed by atoms with Crippen LogP contribution in [0.25, 0.3) is 0 Å². The van der Waals surface area contributed by atoms with Crippen LogP contribution in [0, 0.1) is 11.3 Å². The number of carbonyl (C=O) groups is 1. The summed E-state index contributed by atoms with van der Waals surface area (Å²) in [5, 5.41) is 9.18. The van der Waals surface area contributed by atoms with Crippen molar-refractivity contribution in [3.8, 4) is 6.07 Å². The highest BCUT2D eigenvalue weighted by Crippen LogP contribution is 2.15. The number of amides is 1. The van der Waals surface area contributed by atoms with Crippen LogP contribution in [0.2, 0.25) is 0 Å². The highest BCUT2D eigenvalue weighted by atomic mass is 16.2. The molecule has 6 nitrogen and oxygen atoms in total. The first-order valence-corrected chi connectivity index (χ1v) is 7.77. The lowest BCUT2D eigenvalue weighted by Gasteiger charge is -2.41. The van der Waals surface area contributed by atoms with Gasteiger partial charge in [0, 0.05) is 52.4 Å². The molecule has 0 unspecified atom stereocenters. The van der Waals surface area contributed by atoms with Gasteiger partial charge >= 0.3 is 0 Å². The van der Waals surface area contributed by atoms with Gasteiger partial charge in [-0.1, -0.05) is 0 Å². The van der Waals surface area contributed by atoms with Crippen molar-refractivity contribution in [3.05, 3.63) is 0 Å². The molecule has 0 aromatic rings. The molecule has 2 fully saturated rings. The molecule has 21 heavy (non-hydrogen) atoms. The second-order valence-electron chi connectivity index (χ2n) is 6.62. The van der Waals surface area contributed by atoms with Crippen molar-refractivity contribution in [2.45, 2.75) is 19.4 Å². The molecule has 6 heteroatoms.